The van der Waals surface area contributed by atoms with Crippen molar-refractivity contribution in [2.45, 2.75) is 12.9 Å². The van der Waals surface area contributed by atoms with Gasteiger partial charge in [0.1, 0.15) is 11.5 Å². The second kappa shape index (κ2) is 8.73. The molecule has 0 aliphatic carbocycles. The SMILES string of the molecule is Cn1c(=O)c2c(nc(Oc3cccc(OC(F)(F)F)c3)n2Cc2cc(Cl)cc(Cl)c2)n(C)c1=O. The Kier molecular flexibility index (Phi) is 6.09. The number of hydrogen-bond donors (Lipinski definition) is 0. The summed E-state index contributed by atoms with van der Waals surface area (Å²) < 4.78 is 50.9. The van der Waals surface area contributed by atoms with Crippen molar-refractivity contribution in [3.05, 3.63) is 78.9 Å². The summed E-state index contributed by atoms with van der Waals surface area (Å²) in [6, 6.07) is 9.44. The van der Waals surface area contributed by atoms with Crippen LogP contribution in [0.15, 0.2) is 52.1 Å². The molecule has 34 heavy (non-hydrogen) atoms. The van der Waals surface area contributed by atoms with Crippen LogP contribution in [0, 0.1) is 0 Å². The molecule has 4 aromatic rings. The summed E-state index contributed by atoms with van der Waals surface area (Å²) in [6.07, 6.45) is -4.89. The minimum atomic E-state index is -4.89. The van der Waals surface area contributed by atoms with Crippen molar-refractivity contribution < 1.29 is 22.6 Å². The molecule has 8 nitrogen and oxygen atoms in total. The maximum Gasteiger partial charge on any atom is 0.573 e. The summed E-state index contributed by atoms with van der Waals surface area (Å²) in [5, 5.41) is 0.707. The number of ether oxygens (including phenoxy) is 2. The van der Waals surface area contributed by atoms with Gasteiger partial charge in [0, 0.05) is 30.2 Å². The third-order valence-corrected chi connectivity index (χ3v) is 5.26. The van der Waals surface area contributed by atoms with Crippen LogP contribution in [-0.2, 0) is 20.6 Å². The predicted octanol–water partition coefficient (Wildman–Crippen LogP) is 4.48. The van der Waals surface area contributed by atoms with E-state index in [1.165, 1.54) is 36.9 Å². The summed E-state index contributed by atoms with van der Waals surface area (Å²) in [6.45, 7) is 0.0122. The molecular formula is C21H15Cl2F3N4O4. The third-order valence-electron chi connectivity index (χ3n) is 4.82. The number of fused-ring (bicyclic) bond motifs is 1. The summed E-state index contributed by atoms with van der Waals surface area (Å²) in [5.74, 6) is -0.540. The van der Waals surface area contributed by atoms with E-state index < -0.39 is 23.4 Å². The van der Waals surface area contributed by atoms with E-state index in [9.17, 15) is 22.8 Å². The van der Waals surface area contributed by atoms with Crippen molar-refractivity contribution >= 4 is 34.4 Å². The summed E-state index contributed by atoms with van der Waals surface area (Å²) in [4.78, 5) is 29.6. The molecular weight excluding hydrogens is 500 g/mol. The zero-order valence-corrected chi connectivity index (χ0v) is 19.1. The van der Waals surface area contributed by atoms with Crippen LogP contribution < -0.4 is 20.7 Å². The minimum Gasteiger partial charge on any atom is -0.425 e. The highest BCUT2D eigenvalue weighted by Crippen LogP contribution is 2.30. The fourth-order valence-corrected chi connectivity index (χ4v) is 3.95. The van der Waals surface area contributed by atoms with Crippen LogP contribution in [-0.4, -0.2) is 25.0 Å². The topological polar surface area (TPSA) is 80.3 Å². The van der Waals surface area contributed by atoms with Gasteiger partial charge in [-0.05, 0) is 35.9 Å². The molecule has 0 unspecified atom stereocenters. The molecule has 4 rings (SSSR count). The Morgan fingerprint density at radius 3 is 2.26 bits per heavy atom. The first-order valence-electron chi connectivity index (χ1n) is 9.58. The van der Waals surface area contributed by atoms with Gasteiger partial charge in [-0.15, -0.1) is 13.2 Å². The molecule has 13 heteroatoms. The third kappa shape index (κ3) is 4.75. The molecule has 0 N–H and O–H groups in total. The molecule has 2 aromatic carbocycles. The number of alkyl halides is 3. The highest BCUT2D eigenvalue weighted by molar-refractivity contribution is 6.34. The maximum atomic E-state index is 13.0. The predicted molar refractivity (Wildman–Crippen MR) is 119 cm³/mol. The average molecular weight is 515 g/mol. The Balaban J connectivity index is 1.88. The molecule has 0 atom stereocenters. The number of benzene rings is 2. The van der Waals surface area contributed by atoms with Crippen LogP contribution in [0.5, 0.6) is 17.5 Å². The number of aryl methyl sites for hydroxylation is 1. The molecule has 0 fully saturated rings. The molecule has 178 valence electrons. The lowest BCUT2D eigenvalue weighted by molar-refractivity contribution is -0.274. The van der Waals surface area contributed by atoms with E-state index in [-0.39, 0.29) is 29.5 Å². The van der Waals surface area contributed by atoms with Crippen LogP contribution in [0.3, 0.4) is 0 Å². The zero-order valence-electron chi connectivity index (χ0n) is 17.6. The van der Waals surface area contributed by atoms with E-state index in [2.05, 4.69) is 9.72 Å². The van der Waals surface area contributed by atoms with Gasteiger partial charge < -0.3 is 9.47 Å². The smallest absolute Gasteiger partial charge is 0.425 e. The first kappa shape index (κ1) is 23.7. The van der Waals surface area contributed by atoms with Crippen molar-refractivity contribution in [2.24, 2.45) is 14.1 Å². The van der Waals surface area contributed by atoms with Gasteiger partial charge in [-0.25, -0.2) is 4.79 Å². The monoisotopic (exact) mass is 514 g/mol. The number of rotatable bonds is 5. The lowest BCUT2D eigenvalue weighted by Crippen LogP contribution is -2.37. The van der Waals surface area contributed by atoms with E-state index in [1.807, 2.05) is 0 Å². The highest BCUT2D eigenvalue weighted by atomic mass is 35.5. The Labute approximate surface area is 199 Å². The number of hydrogen-bond acceptors (Lipinski definition) is 5. The Bertz CT molecular complexity index is 1510. The van der Waals surface area contributed by atoms with E-state index in [1.54, 1.807) is 12.1 Å². The summed E-state index contributed by atoms with van der Waals surface area (Å²) >= 11 is 12.2. The molecule has 0 spiro atoms. The van der Waals surface area contributed by atoms with Crippen LogP contribution in [0.2, 0.25) is 10.0 Å². The van der Waals surface area contributed by atoms with Crippen LogP contribution >= 0.6 is 23.2 Å². The van der Waals surface area contributed by atoms with Crippen LogP contribution in [0.25, 0.3) is 11.2 Å². The Morgan fingerprint density at radius 2 is 1.62 bits per heavy atom. The van der Waals surface area contributed by atoms with Gasteiger partial charge in [0.2, 0.25) is 0 Å². The molecule has 0 bridgehead atoms. The van der Waals surface area contributed by atoms with Gasteiger partial charge in [0.15, 0.2) is 11.2 Å². The van der Waals surface area contributed by atoms with Gasteiger partial charge in [-0.1, -0.05) is 29.3 Å². The fourth-order valence-electron chi connectivity index (χ4n) is 3.38. The van der Waals surface area contributed by atoms with Gasteiger partial charge in [0.25, 0.3) is 5.56 Å². The summed E-state index contributed by atoms with van der Waals surface area (Å²) in [7, 11) is 2.75. The number of nitrogens with zero attached hydrogens (tertiary/aromatic N) is 4. The largest absolute Gasteiger partial charge is 0.573 e. The minimum absolute atomic E-state index is 0.0122. The number of aromatic nitrogens is 4. The van der Waals surface area contributed by atoms with E-state index >= 15 is 0 Å². The second-order valence-corrected chi connectivity index (χ2v) is 8.13. The standard InChI is InChI=1S/C21H15Cl2F3N4O4/c1-28-17-16(18(31)29(2)20(28)32)30(10-11-6-12(22)8-13(23)7-11)19(27-17)33-14-4-3-5-15(9-14)34-21(24,25)26/h3-9H,10H2,1-2H3. The normalized spacial score (nSPS) is 11.7. The first-order chi connectivity index (χ1) is 15.9. The molecule has 0 saturated heterocycles. The van der Waals surface area contributed by atoms with Crippen molar-refractivity contribution in [3.63, 3.8) is 0 Å². The summed E-state index contributed by atoms with van der Waals surface area (Å²) in [5.41, 5.74) is -0.591. The molecule has 0 aliphatic heterocycles. The molecule has 0 saturated carbocycles. The van der Waals surface area contributed by atoms with Crippen LogP contribution in [0.4, 0.5) is 13.2 Å². The average Bonchev–Trinajstić information content (AvgIpc) is 3.07. The van der Waals surface area contributed by atoms with Gasteiger partial charge in [-0.2, -0.15) is 4.98 Å². The fraction of sp³-hybridized carbons (Fsp3) is 0.190. The van der Waals surface area contributed by atoms with Gasteiger partial charge in [0.05, 0.1) is 6.54 Å². The van der Waals surface area contributed by atoms with Crippen molar-refractivity contribution in [2.75, 3.05) is 0 Å². The number of imidazole rings is 1. The zero-order chi connectivity index (χ0) is 24.8. The first-order valence-corrected chi connectivity index (χ1v) is 10.3. The lowest BCUT2D eigenvalue weighted by atomic mass is 10.2. The quantitative estimate of drug-likeness (QED) is 0.392. The maximum absolute atomic E-state index is 13.0. The van der Waals surface area contributed by atoms with Crippen LogP contribution in [0.1, 0.15) is 5.56 Å². The van der Waals surface area contributed by atoms with E-state index in [0.29, 0.717) is 15.6 Å². The molecule has 2 heterocycles. The van der Waals surface area contributed by atoms with Crippen molar-refractivity contribution in [3.8, 4) is 17.5 Å². The Hall–Kier alpha value is -3.44. The highest BCUT2D eigenvalue weighted by Gasteiger charge is 2.31. The van der Waals surface area contributed by atoms with Gasteiger partial charge >= 0.3 is 18.1 Å². The van der Waals surface area contributed by atoms with Gasteiger partial charge in [-0.3, -0.25) is 18.5 Å². The second-order valence-electron chi connectivity index (χ2n) is 7.26. The molecule has 0 aliphatic rings. The molecule has 0 radical (unpaired) electrons. The number of halogens is 5. The molecule has 2 aromatic heterocycles. The Morgan fingerprint density at radius 1 is 0.971 bits per heavy atom. The van der Waals surface area contributed by atoms with Crippen molar-refractivity contribution in [1.82, 2.24) is 18.7 Å². The van der Waals surface area contributed by atoms with E-state index in [0.717, 1.165) is 21.3 Å². The lowest BCUT2D eigenvalue weighted by Gasteiger charge is -2.12. The van der Waals surface area contributed by atoms with E-state index in [4.69, 9.17) is 27.9 Å². The molecule has 0 amide bonds. The van der Waals surface area contributed by atoms with Crippen molar-refractivity contribution in [1.29, 1.82) is 0 Å².